The zero-order chi connectivity index (χ0) is 22.3. The van der Waals surface area contributed by atoms with Gasteiger partial charge in [-0.25, -0.2) is 9.37 Å². The van der Waals surface area contributed by atoms with E-state index in [2.05, 4.69) is 35.9 Å². The molecule has 1 aromatic carbocycles. The molecule has 5 rings (SSSR count). The van der Waals surface area contributed by atoms with Crippen LogP contribution in [0.15, 0.2) is 24.3 Å². The first-order chi connectivity index (χ1) is 15.4. The molecule has 3 aromatic rings. The maximum absolute atomic E-state index is 13.9. The number of rotatable bonds is 4. The Hall–Kier alpha value is -2.19. The van der Waals surface area contributed by atoms with Gasteiger partial charge in [0.25, 0.3) is 0 Å². The lowest BCUT2D eigenvalue weighted by Gasteiger charge is -2.40. The Morgan fingerprint density at radius 1 is 1.06 bits per heavy atom. The van der Waals surface area contributed by atoms with Gasteiger partial charge in [0.2, 0.25) is 10.1 Å². The van der Waals surface area contributed by atoms with Crippen molar-refractivity contribution in [3.63, 3.8) is 0 Å². The van der Waals surface area contributed by atoms with Gasteiger partial charge in [-0.1, -0.05) is 42.7 Å². The third-order valence-corrected chi connectivity index (χ3v) is 7.43. The summed E-state index contributed by atoms with van der Waals surface area (Å²) in [6.07, 6.45) is 6.88. The van der Waals surface area contributed by atoms with E-state index in [4.69, 9.17) is 10.1 Å². The second kappa shape index (κ2) is 8.63. The second-order valence-electron chi connectivity index (χ2n) is 10.1. The molecule has 1 saturated heterocycles. The molecular weight excluding hydrogens is 423 g/mol. The van der Waals surface area contributed by atoms with E-state index in [1.54, 1.807) is 17.4 Å². The van der Waals surface area contributed by atoms with E-state index in [0.717, 1.165) is 59.4 Å². The molecule has 1 N–H and O–H groups in total. The van der Waals surface area contributed by atoms with Crippen molar-refractivity contribution in [1.82, 2.24) is 19.5 Å². The van der Waals surface area contributed by atoms with Crippen LogP contribution in [0, 0.1) is 5.82 Å². The van der Waals surface area contributed by atoms with Crippen molar-refractivity contribution in [2.45, 2.75) is 64.5 Å². The van der Waals surface area contributed by atoms with E-state index in [9.17, 15) is 4.39 Å². The third kappa shape index (κ3) is 4.48. The van der Waals surface area contributed by atoms with Crippen LogP contribution in [-0.4, -0.2) is 57.3 Å². The number of fused-ring (bicyclic) bond motifs is 1. The SMILES string of the molecule is CC(C)(C)Nc1c(-c2cccc(F)c2)nc2sc(N3CCN(C4CCCCC4)CC3)nn12. The molecule has 0 bridgehead atoms. The second-order valence-corrected chi connectivity index (χ2v) is 11.0. The third-order valence-electron chi connectivity index (χ3n) is 6.46. The molecule has 2 aromatic heterocycles. The van der Waals surface area contributed by atoms with Crippen molar-refractivity contribution in [2.75, 3.05) is 36.4 Å². The highest BCUT2D eigenvalue weighted by Crippen LogP contribution is 2.35. The minimum Gasteiger partial charge on any atom is -0.364 e. The van der Waals surface area contributed by atoms with Crippen molar-refractivity contribution < 1.29 is 4.39 Å². The molecule has 2 aliphatic rings. The van der Waals surface area contributed by atoms with Gasteiger partial charge in [0, 0.05) is 43.3 Å². The van der Waals surface area contributed by atoms with E-state index >= 15 is 0 Å². The summed E-state index contributed by atoms with van der Waals surface area (Å²) < 4.78 is 15.8. The first-order valence-electron chi connectivity index (χ1n) is 11.8. The fourth-order valence-electron chi connectivity index (χ4n) is 4.90. The van der Waals surface area contributed by atoms with E-state index in [0.29, 0.717) is 0 Å². The van der Waals surface area contributed by atoms with Crippen molar-refractivity contribution in [2.24, 2.45) is 0 Å². The number of anilines is 2. The van der Waals surface area contributed by atoms with Crippen LogP contribution in [0.3, 0.4) is 0 Å². The zero-order valence-electron chi connectivity index (χ0n) is 19.3. The van der Waals surface area contributed by atoms with Crippen LogP contribution < -0.4 is 10.2 Å². The zero-order valence-corrected chi connectivity index (χ0v) is 20.1. The average molecular weight is 457 g/mol. The fraction of sp³-hybridized carbons (Fsp3) is 0.583. The molecule has 8 heteroatoms. The highest BCUT2D eigenvalue weighted by atomic mass is 32.1. The summed E-state index contributed by atoms with van der Waals surface area (Å²) in [7, 11) is 0. The van der Waals surface area contributed by atoms with Gasteiger partial charge >= 0.3 is 0 Å². The topological polar surface area (TPSA) is 48.7 Å². The Bertz CT molecular complexity index is 1070. The fourth-order valence-corrected chi connectivity index (χ4v) is 5.85. The number of hydrogen-bond acceptors (Lipinski definition) is 6. The van der Waals surface area contributed by atoms with Crippen LogP contribution in [0.1, 0.15) is 52.9 Å². The molecule has 0 amide bonds. The van der Waals surface area contributed by atoms with Gasteiger partial charge in [-0.15, -0.1) is 5.10 Å². The van der Waals surface area contributed by atoms with Gasteiger partial charge in [0.05, 0.1) is 0 Å². The summed E-state index contributed by atoms with van der Waals surface area (Å²) in [6, 6.07) is 7.39. The summed E-state index contributed by atoms with van der Waals surface area (Å²) in [5, 5.41) is 9.52. The first kappa shape index (κ1) is 21.6. The summed E-state index contributed by atoms with van der Waals surface area (Å²) in [6.45, 7) is 10.6. The van der Waals surface area contributed by atoms with Gasteiger partial charge < -0.3 is 10.2 Å². The predicted molar refractivity (Wildman–Crippen MR) is 130 cm³/mol. The van der Waals surface area contributed by atoms with Gasteiger partial charge in [-0.3, -0.25) is 4.90 Å². The Labute approximate surface area is 193 Å². The molecule has 0 spiro atoms. The summed E-state index contributed by atoms with van der Waals surface area (Å²) in [5.74, 6) is 0.562. The van der Waals surface area contributed by atoms with E-state index in [1.807, 2.05) is 10.6 Å². The van der Waals surface area contributed by atoms with Gasteiger partial charge in [0.1, 0.15) is 11.5 Å². The summed E-state index contributed by atoms with van der Waals surface area (Å²) >= 11 is 1.61. The summed E-state index contributed by atoms with van der Waals surface area (Å²) in [4.78, 5) is 10.8. The van der Waals surface area contributed by atoms with Crippen molar-refractivity contribution in [1.29, 1.82) is 0 Å². The average Bonchev–Trinajstić information content (AvgIpc) is 3.33. The quantitative estimate of drug-likeness (QED) is 0.580. The Kier molecular flexibility index (Phi) is 5.84. The molecule has 0 atom stereocenters. The minimum atomic E-state index is -0.259. The molecule has 1 saturated carbocycles. The molecule has 0 unspecified atom stereocenters. The number of benzene rings is 1. The van der Waals surface area contributed by atoms with E-state index < -0.39 is 0 Å². The lowest BCUT2D eigenvalue weighted by Crippen LogP contribution is -2.50. The molecule has 2 fully saturated rings. The lowest BCUT2D eigenvalue weighted by atomic mass is 9.94. The summed E-state index contributed by atoms with van der Waals surface area (Å²) in [5.41, 5.74) is 1.33. The molecule has 32 heavy (non-hydrogen) atoms. The first-order valence-corrected chi connectivity index (χ1v) is 12.6. The molecule has 172 valence electrons. The van der Waals surface area contributed by atoms with E-state index in [-0.39, 0.29) is 11.4 Å². The molecule has 0 radical (unpaired) electrons. The highest BCUT2D eigenvalue weighted by molar-refractivity contribution is 7.20. The van der Waals surface area contributed by atoms with Crippen molar-refractivity contribution in [3.05, 3.63) is 30.1 Å². The van der Waals surface area contributed by atoms with Crippen LogP contribution >= 0.6 is 11.3 Å². The Balaban J connectivity index is 1.40. The normalized spacial score (nSPS) is 19.1. The number of nitrogens with one attached hydrogen (secondary N) is 1. The number of imidazole rings is 1. The molecule has 3 heterocycles. The highest BCUT2D eigenvalue weighted by Gasteiger charge is 2.28. The molecule has 1 aliphatic carbocycles. The van der Waals surface area contributed by atoms with Crippen LogP contribution in [0.2, 0.25) is 0 Å². The van der Waals surface area contributed by atoms with Gasteiger partial charge in [-0.05, 0) is 45.7 Å². The molecular formula is C24H33FN6S. The van der Waals surface area contributed by atoms with Gasteiger partial charge in [0.15, 0.2) is 5.82 Å². The maximum atomic E-state index is 13.9. The van der Waals surface area contributed by atoms with Gasteiger partial charge in [-0.2, -0.15) is 4.52 Å². The standard InChI is InChI=1S/C24H33FN6S/c1-24(2,3)27-21-20(17-8-7-9-18(25)16-17)26-22-31(21)28-23(32-22)30-14-12-29(13-15-30)19-10-5-4-6-11-19/h7-9,16,19,27H,4-6,10-15H2,1-3H3. The molecule has 1 aliphatic heterocycles. The van der Waals surface area contributed by atoms with Crippen LogP contribution in [0.5, 0.6) is 0 Å². The Morgan fingerprint density at radius 2 is 1.81 bits per heavy atom. The largest absolute Gasteiger partial charge is 0.364 e. The molecule has 6 nitrogen and oxygen atoms in total. The minimum absolute atomic E-state index is 0.173. The number of halogens is 1. The monoisotopic (exact) mass is 456 g/mol. The smallest absolute Gasteiger partial charge is 0.216 e. The van der Waals surface area contributed by atoms with E-state index in [1.165, 1.54) is 44.2 Å². The van der Waals surface area contributed by atoms with Crippen molar-refractivity contribution in [3.8, 4) is 11.3 Å². The predicted octanol–water partition coefficient (Wildman–Crippen LogP) is 5.26. The number of nitrogens with zero attached hydrogens (tertiary/aromatic N) is 5. The van der Waals surface area contributed by atoms with Crippen LogP contribution in [-0.2, 0) is 0 Å². The Morgan fingerprint density at radius 3 is 2.50 bits per heavy atom. The van der Waals surface area contributed by atoms with Crippen molar-refractivity contribution >= 4 is 27.2 Å². The number of aromatic nitrogens is 3. The van der Waals surface area contributed by atoms with Crippen LogP contribution in [0.4, 0.5) is 15.3 Å². The maximum Gasteiger partial charge on any atom is 0.216 e. The number of hydrogen-bond donors (Lipinski definition) is 1. The number of piperazine rings is 1. The lowest BCUT2D eigenvalue weighted by molar-refractivity contribution is 0.148. The van der Waals surface area contributed by atoms with Crippen LogP contribution in [0.25, 0.3) is 16.2 Å².